The minimum Gasteiger partial charge on any atom is -0.463 e. The summed E-state index contributed by atoms with van der Waals surface area (Å²) in [5.41, 5.74) is 0.913. The zero-order valence-corrected chi connectivity index (χ0v) is 14.5. The molecule has 1 aromatic rings. The lowest BCUT2D eigenvalue weighted by molar-refractivity contribution is -0.138. The lowest BCUT2D eigenvalue weighted by atomic mass is 10.1. The number of nitrogens with zero attached hydrogens (tertiary/aromatic N) is 1. The van der Waals surface area contributed by atoms with E-state index in [1.807, 2.05) is 20.8 Å². The smallest absolute Gasteiger partial charge is 0.338 e. The van der Waals surface area contributed by atoms with Crippen molar-refractivity contribution in [2.75, 3.05) is 18.5 Å². The van der Waals surface area contributed by atoms with Crippen molar-refractivity contribution in [1.82, 2.24) is 4.90 Å². The average Bonchev–Trinajstić information content (AvgIpc) is 2.79. The second-order valence-corrected chi connectivity index (χ2v) is 6.70. The molecule has 23 heavy (non-hydrogen) atoms. The van der Waals surface area contributed by atoms with Gasteiger partial charge < -0.3 is 15.0 Å². The molecule has 0 saturated heterocycles. The summed E-state index contributed by atoms with van der Waals surface area (Å²) < 4.78 is 5.09. The highest BCUT2D eigenvalue weighted by Gasteiger charge is 2.40. The summed E-state index contributed by atoms with van der Waals surface area (Å²) in [5.74, 6) is -0.681. The third-order valence-corrected chi connectivity index (χ3v) is 3.77. The van der Waals surface area contributed by atoms with Crippen LogP contribution in [0.3, 0.4) is 0 Å². The third-order valence-electron chi connectivity index (χ3n) is 3.52. The van der Waals surface area contributed by atoms with Crippen LogP contribution in [0.25, 0.3) is 0 Å². The molecule has 2 rings (SSSR count). The van der Waals surface area contributed by atoms with Crippen molar-refractivity contribution < 1.29 is 14.3 Å². The van der Waals surface area contributed by atoms with Gasteiger partial charge in [0.15, 0.2) is 0 Å². The predicted octanol–water partition coefficient (Wildman–Crippen LogP) is 3.21. The Morgan fingerprint density at radius 2 is 1.91 bits per heavy atom. The van der Waals surface area contributed by atoms with Crippen LogP contribution in [0.4, 0.5) is 5.69 Å². The predicted molar refractivity (Wildman–Crippen MR) is 90.2 cm³/mol. The van der Waals surface area contributed by atoms with Gasteiger partial charge in [0.05, 0.1) is 18.7 Å². The van der Waals surface area contributed by atoms with Gasteiger partial charge in [0.1, 0.15) is 5.70 Å². The molecule has 0 unspecified atom stereocenters. The molecule has 0 aliphatic carbocycles. The van der Waals surface area contributed by atoms with Crippen molar-refractivity contribution in [3.8, 4) is 0 Å². The summed E-state index contributed by atoms with van der Waals surface area (Å²) in [6.45, 7) is 8.02. The molecule has 0 aromatic heterocycles. The number of nitrogens with one attached hydrogen (secondary N) is 1. The molecule has 6 heteroatoms. The largest absolute Gasteiger partial charge is 0.463 e. The van der Waals surface area contributed by atoms with Gasteiger partial charge in [0, 0.05) is 16.2 Å². The monoisotopic (exact) mass is 336 g/mol. The Bertz CT molecular complexity index is 645. The fourth-order valence-electron chi connectivity index (χ4n) is 2.31. The minimum absolute atomic E-state index is 0.212. The molecule has 1 aromatic carbocycles. The first-order valence-corrected chi connectivity index (χ1v) is 7.86. The molecule has 1 aliphatic heterocycles. The van der Waals surface area contributed by atoms with Gasteiger partial charge >= 0.3 is 5.97 Å². The summed E-state index contributed by atoms with van der Waals surface area (Å²) in [5, 5.41) is 3.64. The molecule has 1 heterocycles. The molecule has 0 bridgehead atoms. The van der Waals surface area contributed by atoms with Crippen LogP contribution < -0.4 is 5.32 Å². The van der Waals surface area contributed by atoms with Gasteiger partial charge in [-0.15, -0.1) is 0 Å². The number of amides is 1. The molecular weight excluding hydrogens is 316 g/mol. The van der Waals surface area contributed by atoms with Crippen LogP contribution in [-0.4, -0.2) is 35.5 Å². The summed E-state index contributed by atoms with van der Waals surface area (Å²) in [7, 11) is 0. The van der Waals surface area contributed by atoms with Crippen molar-refractivity contribution >= 4 is 29.2 Å². The van der Waals surface area contributed by atoms with E-state index in [1.165, 1.54) is 0 Å². The Hall–Kier alpha value is -2.01. The molecule has 0 saturated carbocycles. The summed E-state index contributed by atoms with van der Waals surface area (Å²) in [6, 6.07) is 6.95. The van der Waals surface area contributed by atoms with Crippen LogP contribution in [0.5, 0.6) is 0 Å². The van der Waals surface area contributed by atoms with Crippen LogP contribution in [0.2, 0.25) is 5.02 Å². The van der Waals surface area contributed by atoms with E-state index in [4.69, 9.17) is 16.3 Å². The molecule has 124 valence electrons. The molecule has 1 amide bonds. The van der Waals surface area contributed by atoms with E-state index in [0.29, 0.717) is 16.3 Å². The Balaban J connectivity index is 2.35. The average molecular weight is 337 g/mol. The van der Waals surface area contributed by atoms with Gasteiger partial charge in [-0.05, 0) is 52.0 Å². The summed E-state index contributed by atoms with van der Waals surface area (Å²) in [6.07, 6.45) is 0. The third kappa shape index (κ3) is 3.85. The first kappa shape index (κ1) is 17.3. The van der Waals surface area contributed by atoms with Crippen LogP contribution in [0, 0.1) is 0 Å². The maximum Gasteiger partial charge on any atom is 0.338 e. The standard InChI is InChI=1S/C17H21ClN2O3/c1-5-23-16(22)13-10-20(17(2,3)4)15(21)14(13)19-12-8-6-11(18)7-9-12/h6-9,19H,5,10H2,1-4H3. The molecule has 1 aliphatic rings. The number of ether oxygens (including phenoxy) is 1. The van der Waals surface area contributed by atoms with Crippen LogP contribution in [0.1, 0.15) is 27.7 Å². The van der Waals surface area contributed by atoms with E-state index < -0.39 is 11.5 Å². The SMILES string of the molecule is CCOC(=O)C1=C(Nc2ccc(Cl)cc2)C(=O)N(C(C)(C)C)C1. The number of carbonyl (C=O) groups excluding carboxylic acids is 2. The van der Waals surface area contributed by atoms with Gasteiger partial charge in [-0.3, -0.25) is 4.79 Å². The molecule has 0 atom stereocenters. The van der Waals surface area contributed by atoms with Gasteiger partial charge in [0.25, 0.3) is 5.91 Å². The second-order valence-electron chi connectivity index (χ2n) is 6.27. The van der Waals surface area contributed by atoms with Crippen molar-refractivity contribution in [2.45, 2.75) is 33.2 Å². The first-order chi connectivity index (χ1) is 10.7. The molecule has 0 radical (unpaired) electrons. The van der Waals surface area contributed by atoms with E-state index >= 15 is 0 Å². The molecule has 0 fully saturated rings. The number of halogens is 1. The molecular formula is C17H21ClN2O3. The normalized spacial score (nSPS) is 15.2. The number of hydrogen-bond donors (Lipinski definition) is 1. The lowest BCUT2D eigenvalue weighted by Gasteiger charge is -2.32. The topological polar surface area (TPSA) is 58.6 Å². The van der Waals surface area contributed by atoms with E-state index in [1.54, 1.807) is 36.1 Å². The number of carbonyl (C=O) groups is 2. The maximum absolute atomic E-state index is 12.7. The van der Waals surface area contributed by atoms with Gasteiger partial charge in [0.2, 0.25) is 0 Å². The van der Waals surface area contributed by atoms with Crippen molar-refractivity contribution in [2.24, 2.45) is 0 Å². The fraction of sp³-hybridized carbons (Fsp3) is 0.412. The van der Waals surface area contributed by atoms with Crippen molar-refractivity contribution in [1.29, 1.82) is 0 Å². The number of rotatable bonds is 4. The van der Waals surface area contributed by atoms with Gasteiger partial charge in [-0.25, -0.2) is 4.79 Å². The number of anilines is 1. The summed E-state index contributed by atoms with van der Waals surface area (Å²) in [4.78, 5) is 26.6. The maximum atomic E-state index is 12.7. The Morgan fingerprint density at radius 3 is 2.43 bits per heavy atom. The quantitative estimate of drug-likeness (QED) is 0.858. The van der Waals surface area contributed by atoms with Crippen molar-refractivity contribution in [3.05, 3.63) is 40.6 Å². The number of benzene rings is 1. The fourth-order valence-corrected chi connectivity index (χ4v) is 2.43. The van der Waals surface area contributed by atoms with Crippen LogP contribution in [0.15, 0.2) is 35.5 Å². The van der Waals surface area contributed by atoms with Gasteiger partial charge in [-0.1, -0.05) is 11.6 Å². The second kappa shape index (κ2) is 6.62. The molecule has 1 N–H and O–H groups in total. The molecule has 0 spiro atoms. The number of hydrogen-bond acceptors (Lipinski definition) is 4. The lowest BCUT2D eigenvalue weighted by Crippen LogP contribution is -2.44. The van der Waals surface area contributed by atoms with Crippen LogP contribution >= 0.6 is 11.6 Å². The minimum atomic E-state index is -0.468. The van der Waals surface area contributed by atoms with Crippen molar-refractivity contribution in [3.63, 3.8) is 0 Å². The van der Waals surface area contributed by atoms with E-state index in [2.05, 4.69) is 5.32 Å². The Kier molecular flexibility index (Phi) is 5.00. The summed E-state index contributed by atoms with van der Waals surface area (Å²) >= 11 is 5.87. The van der Waals surface area contributed by atoms with E-state index in [-0.39, 0.29) is 24.8 Å². The highest BCUT2D eigenvalue weighted by molar-refractivity contribution is 6.30. The number of esters is 1. The van der Waals surface area contributed by atoms with Crippen LogP contribution in [-0.2, 0) is 14.3 Å². The van der Waals surface area contributed by atoms with E-state index in [9.17, 15) is 9.59 Å². The Labute approximate surface area is 141 Å². The zero-order chi connectivity index (χ0) is 17.2. The molecule has 5 nitrogen and oxygen atoms in total. The highest BCUT2D eigenvalue weighted by atomic mass is 35.5. The van der Waals surface area contributed by atoms with Gasteiger partial charge in [-0.2, -0.15) is 0 Å². The zero-order valence-electron chi connectivity index (χ0n) is 13.8. The first-order valence-electron chi connectivity index (χ1n) is 7.49. The Morgan fingerprint density at radius 1 is 1.30 bits per heavy atom. The highest BCUT2D eigenvalue weighted by Crippen LogP contribution is 2.28. The van der Waals surface area contributed by atoms with E-state index in [0.717, 1.165) is 0 Å².